The van der Waals surface area contributed by atoms with Crippen molar-refractivity contribution in [2.75, 3.05) is 6.54 Å². The van der Waals surface area contributed by atoms with E-state index in [-0.39, 0.29) is 0 Å². The molecular formula is C10H23NO2. The predicted molar refractivity (Wildman–Crippen MR) is 54.2 cm³/mol. The van der Waals surface area contributed by atoms with Crippen LogP contribution in [0.25, 0.3) is 0 Å². The molecule has 0 aliphatic carbocycles. The summed E-state index contributed by atoms with van der Waals surface area (Å²) < 4.78 is 0. The van der Waals surface area contributed by atoms with E-state index in [1.807, 2.05) is 0 Å². The Morgan fingerprint density at radius 3 is 1.62 bits per heavy atom. The Labute approximate surface area is 81.4 Å². The van der Waals surface area contributed by atoms with Gasteiger partial charge < -0.3 is 10.2 Å². The van der Waals surface area contributed by atoms with Crippen molar-refractivity contribution in [2.45, 2.75) is 58.9 Å². The van der Waals surface area contributed by atoms with Gasteiger partial charge in [-0.05, 0) is 34.1 Å². The van der Waals surface area contributed by atoms with Gasteiger partial charge in [-0.2, -0.15) is 0 Å². The molecule has 0 saturated heterocycles. The summed E-state index contributed by atoms with van der Waals surface area (Å²) in [6.45, 7) is 9.58. The van der Waals surface area contributed by atoms with Crippen molar-refractivity contribution in [3.63, 3.8) is 0 Å². The molecule has 0 atom stereocenters. The molecule has 0 amide bonds. The maximum atomic E-state index is 9.81. The van der Waals surface area contributed by atoms with Crippen LogP contribution in [0.3, 0.4) is 0 Å². The van der Waals surface area contributed by atoms with Crippen molar-refractivity contribution in [3.05, 3.63) is 0 Å². The Morgan fingerprint density at radius 1 is 1.00 bits per heavy atom. The highest BCUT2D eigenvalue weighted by Crippen LogP contribution is 2.21. The third kappa shape index (κ3) is 4.60. The molecule has 0 saturated carbocycles. The molecule has 0 aromatic heterocycles. The van der Waals surface area contributed by atoms with Gasteiger partial charge in [-0.1, -0.05) is 13.3 Å². The molecule has 0 aromatic rings. The zero-order valence-corrected chi connectivity index (χ0v) is 9.46. The van der Waals surface area contributed by atoms with Gasteiger partial charge in [0.1, 0.15) is 11.4 Å². The molecule has 0 aliphatic heterocycles. The van der Waals surface area contributed by atoms with Crippen LogP contribution in [0.2, 0.25) is 0 Å². The maximum Gasteiger partial charge on any atom is 0.115 e. The standard InChI is InChI=1S/C10H23NO2/c1-6-7-8-11(9(2,3)12)10(4,5)13/h12-13H,6-8H2,1-5H3. The Bertz CT molecular complexity index is 130. The molecule has 0 aromatic carbocycles. The van der Waals surface area contributed by atoms with Crippen molar-refractivity contribution >= 4 is 0 Å². The van der Waals surface area contributed by atoms with Crippen LogP contribution in [0.15, 0.2) is 0 Å². The summed E-state index contributed by atoms with van der Waals surface area (Å²) in [6, 6.07) is 0. The monoisotopic (exact) mass is 189 g/mol. The normalized spacial score (nSPS) is 13.8. The number of hydrogen-bond acceptors (Lipinski definition) is 3. The smallest absolute Gasteiger partial charge is 0.115 e. The predicted octanol–water partition coefficient (Wildman–Crippen LogP) is 1.55. The van der Waals surface area contributed by atoms with Crippen LogP contribution in [-0.2, 0) is 0 Å². The fourth-order valence-corrected chi connectivity index (χ4v) is 1.53. The van der Waals surface area contributed by atoms with Crippen molar-refractivity contribution in [2.24, 2.45) is 0 Å². The van der Waals surface area contributed by atoms with E-state index in [0.29, 0.717) is 6.54 Å². The first-order chi connectivity index (χ1) is 5.69. The van der Waals surface area contributed by atoms with Gasteiger partial charge in [0.25, 0.3) is 0 Å². The molecule has 0 fully saturated rings. The van der Waals surface area contributed by atoms with Gasteiger partial charge in [-0.15, -0.1) is 0 Å². The molecule has 0 radical (unpaired) electrons. The third-order valence-corrected chi connectivity index (χ3v) is 2.06. The summed E-state index contributed by atoms with van der Waals surface area (Å²) in [5.41, 5.74) is -1.93. The van der Waals surface area contributed by atoms with Gasteiger partial charge in [0.05, 0.1) is 0 Å². The van der Waals surface area contributed by atoms with Gasteiger partial charge in [0.15, 0.2) is 0 Å². The zero-order valence-electron chi connectivity index (χ0n) is 9.46. The fourth-order valence-electron chi connectivity index (χ4n) is 1.53. The lowest BCUT2D eigenvalue weighted by molar-refractivity contribution is -0.199. The van der Waals surface area contributed by atoms with Crippen LogP contribution < -0.4 is 0 Å². The SMILES string of the molecule is CCCCN(C(C)(C)O)C(C)(C)O. The van der Waals surface area contributed by atoms with Crippen LogP contribution in [0, 0.1) is 0 Å². The first kappa shape index (κ1) is 12.9. The second kappa shape index (κ2) is 4.40. The minimum absolute atomic E-state index is 0.712. The number of hydrogen-bond donors (Lipinski definition) is 2. The minimum Gasteiger partial charge on any atom is -0.376 e. The maximum absolute atomic E-state index is 9.81. The first-order valence-corrected chi connectivity index (χ1v) is 4.92. The average molecular weight is 189 g/mol. The van der Waals surface area contributed by atoms with Crippen molar-refractivity contribution in [1.29, 1.82) is 0 Å². The van der Waals surface area contributed by atoms with E-state index >= 15 is 0 Å². The van der Waals surface area contributed by atoms with Gasteiger partial charge >= 0.3 is 0 Å². The van der Waals surface area contributed by atoms with E-state index in [0.717, 1.165) is 12.8 Å². The molecular weight excluding hydrogens is 166 g/mol. The highest BCUT2D eigenvalue weighted by molar-refractivity contribution is 4.77. The Balaban J connectivity index is 4.39. The van der Waals surface area contributed by atoms with E-state index in [1.54, 1.807) is 32.6 Å². The summed E-state index contributed by atoms with van der Waals surface area (Å²) in [7, 11) is 0. The number of nitrogens with zero attached hydrogens (tertiary/aromatic N) is 1. The topological polar surface area (TPSA) is 43.7 Å². The first-order valence-electron chi connectivity index (χ1n) is 4.92. The molecule has 0 spiro atoms. The molecule has 2 N–H and O–H groups in total. The summed E-state index contributed by atoms with van der Waals surface area (Å²) in [6.07, 6.45) is 2.04. The lowest BCUT2D eigenvalue weighted by Crippen LogP contribution is -2.55. The van der Waals surface area contributed by atoms with Crippen LogP contribution >= 0.6 is 0 Å². The summed E-state index contributed by atoms with van der Waals surface area (Å²) in [5.74, 6) is 0. The van der Waals surface area contributed by atoms with Crippen LogP contribution in [-0.4, -0.2) is 33.1 Å². The van der Waals surface area contributed by atoms with Crippen molar-refractivity contribution < 1.29 is 10.2 Å². The molecule has 3 heteroatoms. The van der Waals surface area contributed by atoms with Crippen LogP contribution in [0.5, 0.6) is 0 Å². The van der Waals surface area contributed by atoms with Crippen LogP contribution in [0.1, 0.15) is 47.5 Å². The molecule has 3 nitrogen and oxygen atoms in total. The van der Waals surface area contributed by atoms with Crippen molar-refractivity contribution in [1.82, 2.24) is 4.90 Å². The summed E-state index contributed by atoms with van der Waals surface area (Å²) in [5, 5.41) is 19.6. The van der Waals surface area contributed by atoms with E-state index < -0.39 is 11.4 Å². The molecule has 0 heterocycles. The van der Waals surface area contributed by atoms with E-state index in [9.17, 15) is 10.2 Å². The van der Waals surface area contributed by atoms with E-state index in [2.05, 4.69) is 6.92 Å². The third-order valence-electron chi connectivity index (χ3n) is 2.06. The van der Waals surface area contributed by atoms with Gasteiger partial charge in [-0.3, -0.25) is 0 Å². The van der Waals surface area contributed by atoms with Crippen molar-refractivity contribution in [3.8, 4) is 0 Å². The minimum atomic E-state index is -0.965. The fraction of sp³-hybridized carbons (Fsp3) is 1.00. The molecule has 0 unspecified atom stereocenters. The molecule has 80 valence electrons. The number of rotatable bonds is 5. The zero-order chi connectivity index (χ0) is 10.7. The summed E-state index contributed by atoms with van der Waals surface area (Å²) in [4.78, 5) is 1.70. The number of aliphatic hydroxyl groups is 2. The molecule has 0 aliphatic rings. The molecule has 0 rings (SSSR count). The number of unbranched alkanes of at least 4 members (excludes halogenated alkanes) is 1. The lowest BCUT2D eigenvalue weighted by atomic mass is 10.1. The second-order valence-corrected chi connectivity index (χ2v) is 4.49. The van der Waals surface area contributed by atoms with E-state index in [1.165, 1.54) is 0 Å². The Hall–Kier alpha value is -0.120. The second-order valence-electron chi connectivity index (χ2n) is 4.49. The van der Waals surface area contributed by atoms with E-state index in [4.69, 9.17) is 0 Å². The van der Waals surface area contributed by atoms with Crippen LogP contribution in [0.4, 0.5) is 0 Å². The lowest BCUT2D eigenvalue weighted by Gasteiger charge is -2.42. The quantitative estimate of drug-likeness (QED) is 0.645. The van der Waals surface area contributed by atoms with Gasteiger partial charge in [0.2, 0.25) is 0 Å². The molecule has 13 heavy (non-hydrogen) atoms. The van der Waals surface area contributed by atoms with Gasteiger partial charge in [0, 0.05) is 6.54 Å². The Kier molecular flexibility index (Phi) is 4.36. The highest BCUT2D eigenvalue weighted by Gasteiger charge is 2.33. The Morgan fingerprint density at radius 2 is 1.38 bits per heavy atom. The largest absolute Gasteiger partial charge is 0.376 e. The van der Waals surface area contributed by atoms with Gasteiger partial charge in [-0.25, -0.2) is 4.90 Å². The summed E-state index contributed by atoms with van der Waals surface area (Å²) >= 11 is 0. The molecule has 0 bridgehead atoms. The average Bonchev–Trinajstić information content (AvgIpc) is 1.81. The highest BCUT2D eigenvalue weighted by atomic mass is 16.3.